The Balaban J connectivity index is 1.59. The number of fused-ring (bicyclic) bond motifs is 1. The van der Waals surface area contributed by atoms with Gasteiger partial charge in [-0.2, -0.15) is 0 Å². The maximum Gasteiger partial charge on any atom is 0.309 e. The van der Waals surface area contributed by atoms with Crippen LogP contribution in [0.3, 0.4) is 0 Å². The minimum absolute atomic E-state index is 0.0207. The summed E-state index contributed by atoms with van der Waals surface area (Å²) in [6.45, 7) is 16.2. The Kier molecular flexibility index (Phi) is 6.20. The summed E-state index contributed by atoms with van der Waals surface area (Å²) in [6, 6.07) is 0. The summed E-state index contributed by atoms with van der Waals surface area (Å²) in [4.78, 5) is 38.5. The predicted molar refractivity (Wildman–Crippen MR) is 141 cm³/mol. The molecule has 10 atom stereocenters. The van der Waals surface area contributed by atoms with Gasteiger partial charge in [-0.05, 0) is 68.1 Å². The number of aliphatic hydroxyl groups is 1. The molecule has 0 radical (unpaired) electrons. The molecule has 5 rings (SSSR count). The SMILES string of the molecule is C=C(C)C1CC2OC23C(=CC(=O)C2(C)C(C(C)=CC4CC(C)C(=O)O4)CC(O)C23C)C1(C)CCC(=O)OC. The number of carbonyl (C=O) groups excluding carboxylic acids is 3. The van der Waals surface area contributed by atoms with E-state index < -0.39 is 27.9 Å². The number of rotatable bonds is 6. The van der Waals surface area contributed by atoms with E-state index in [-0.39, 0.29) is 54.1 Å². The molecular weight excluding hydrogens is 484 g/mol. The van der Waals surface area contributed by atoms with Gasteiger partial charge < -0.3 is 19.3 Å². The smallest absolute Gasteiger partial charge is 0.309 e. The number of methoxy groups -OCH3 is 1. The molecule has 2 saturated carbocycles. The maximum atomic E-state index is 14.3. The summed E-state index contributed by atoms with van der Waals surface area (Å²) in [6.07, 6.45) is 5.05. The van der Waals surface area contributed by atoms with Crippen LogP contribution in [0.25, 0.3) is 0 Å². The summed E-state index contributed by atoms with van der Waals surface area (Å²) >= 11 is 0. The van der Waals surface area contributed by atoms with Crippen molar-refractivity contribution in [2.75, 3.05) is 7.11 Å². The molecule has 208 valence electrons. The van der Waals surface area contributed by atoms with Crippen LogP contribution in [0.15, 0.2) is 35.5 Å². The number of cyclic esters (lactones) is 1. The van der Waals surface area contributed by atoms with Gasteiger partial charge in [0.25, 0.3) is 0 Å². The van der Waals surface area contributed by atoms with Gasteiger partial charge in [-0.15, -0.1) is 0 Å². The Bertz CT molecular complexity index is 1170. The highest BCUT2D eigenvalue weighted by Gasteiger charge is 2.84. The Labute approximate surface area is 225 Å². The van der Waals surface area contributed by atoms with Gasteiger partial charge in [0.1, 0.15) is 11.7 Å². The number of esters is 2. The van der Waals surface area contributed by atoms with E-state index in [1.165, 1.54) is 7.11 Å². The molecule has 0 bridgehead atoms. The lowest BCUT2D eigenvalue weighted by molar-refractivity contribution is -0.144. The third kappa shape index (κ3) is 3.30. The van der Waals surface area contributed by atoms with Crippen LogP contribution in [0.5, 0.6) is 0 Å². The number of carbonyl (C=O) groups is 3. The molecule has 3 aliphatic carbocycles. The van der Waals surface area contributed by atoms with Gasteiger partial charge in [0.2, 0.25) is 0 Å². The van der Waals surface area contributed by atoms with Gasteiger partial charge in [0.05, 0.1) is 25.2 Å². The van der Waals surface area contributed by atoms with E-state index in [4.69, 9.17) is 14.2 Å². The molecular formula is C31H42O7. The minimum atomic E-state index is -0.904. The minimum Gasteiger partial charge on any atom is -0.469 e. The first-order valence-corrected chi connectivity index (χ1v) is 13.9. The Hall–Kier alpha value is -2.25. The molecule has 0 aromatic carbocycles. The largest absolute Gasteiger partial charge is 0.469 e. The lowest BCUT2D eigenvalue weighted by atomic mass is 9.43. The number of hydrogen-bond acceptors (Lipinski definition) is 7. The molecule has 2 saturated heterocycles. The molecule has 0 aromatic rings. The first-order valence-electron chi connectivity index (χ1n) is 13.9. The summed E-state index contributed by atoms with van der Waals surface area (Å²) in [7, 11) is 1.39. The van der Waals surface area contributed by atoms with E-state index in [9.17, 15) is 19.5 Å². The molecule has 0 aromatic heterocycles. The second-order valence-corrected chi connectivity index (χ2v) is 13.1. The molecule has 5 aliphatic rings. The summed E-state index contributed by atoms with van der Waals surface area (Å²) in [5, 5.41) is 11.8. The van der Waals surface area contributed by atoms with E-state index >= 15 is 0 Å². The molecule has 4 fully saturated rings. The zero-order valence-corrected chi connectivity index (χ0v) is 23.8. The highest BCUT2D eigenvalue weighted by molar-refractivity contribution is 5.99. The van der Waals surface area contributed by atoms with Crippen LogP contribution in [0.1, 0.15) is 73.6 Å². The molecule has 1 N–H and O–H groups in total. The summed E-state index contributed by atoms with van der Waals surface area (Å²) in [5.41, 5.74) is -0.235. The molecule has 2 aliphatic heterocycles. The molecule has 38 heavy (non-hydrogen) atoms. The molecule has 7 heteroatoms. The summed E-state index contributed by atoms with van der Waals surface area (Å²) < 4.78 is 17.1. The van der Waals surface area contributed by atoms with Gasteiger partial charge >= 0.3 is 11.9 Å². The second kappa shape index (κ2) is 8.62. The number of allylic oxidation sites excluding steroid dienone is 3. The van der Waals surface area contributed by atoms with Crippen molar-refractivity contribution in [2.45, 2.75) is 97.6 Å². The summed E-state index contributed by atoms with van der Waals surface area (Å²) in [5.74, 6) is -0.839. The van der Waals surface area contributed by atoms with Gasteiger partial charge in [0.15, 0.2) is 5.78 Å². The average Bonchev–Trinajstić information content (AvgIpc) is 3.44. The first kappa shape index (κ1) is 27.3. The monoisotopic (exact) mass is 526 g/mol. The van der Waals surface area contributed by atoms with Gasteiger partial charge in [-0.25, -0.2) is 0 Å². The van der Waals surface area contributed by atoms with Crippen molar-refractivity contribution in [2.24, 2.45) is 34.0 Å². The topological polar surface area (TPSA) is 102 Å². The number of ketones is 1. The van der Waals surface area contributed by atoms with Crippen molar-refractivity contribution in [3.05, 3.63) is 35.5 Å². The van der Waals surface area contributed by atoms with Crippen molar-refractivity contribution in [3.8, 4) is 0 Å². The number of ether oxygens (including phenoxy) is 3. The van der Waals surface area contributed by atoms with Crippen LogP contribution >= 0.6 is 0 Å². The van der Waals surface area contributed by atoms with Crippen LogP contribution < -0.4 is 0 Å². The molecule has 0 amide bonds. The van der Waals surface area contributed by atoms with Crippen molar-refractivity contribution in [3.63, 3.8) is 0 Å². The van der Waals surface area contributed by atoms with E-state index in [1.807, 2.05) is 40.7 Å². The van der Waals surface area contributed by atoms with Crippen LogP contribution in [0.2, 0.25) is 0 Å². The van der Waals surface area contributed by atoms with Crippen LogP contribution in [0, 0.1) is 34.0 Å². The first-order chi connectivity index (χ1) is 17.7. The zero-order chi connectivity index (χ0) is 28.0. The Morgan fingerprint density at radius 1 is 1.18 bits per heavy atom. The van der Waals surface area contributed by atoms with E-state index in [2.05, 4.69) is 13.5 Å². The van der Waals surface area contributed by atoms with Crippen LogP contribution in [-0.4, -0.2) is 53.9 Å². The Morgan fingerprint density at radius 2 is 1.87 bits per heavy atom. The van der Waals surface area contributed by atoms with Crippen molar-refractivity contribution in [1.29, 1.82) is 0 Å². The lowest BCUT2D eigenvalue weighted by Crippen LogP contribution is -2.63. The van der Waals surface area contributed by atoms with Gasteiger partial charge in [0, 0.05) is 23.7 Å². The average molecular weight is 527 g/mol. The molecule has 10 unspecified atom stereocenters. The lowest BCUT2D eigenvalue weighted by Gasteiger charge is -2.57. The van der Waals surface area contributed by atoms with Crippen LogP contribution in [0.4, 0.5) is 0 Å². The van der Waals surface area contributed by atoms with Crippen molar-refractivity contribution < 1.29 is 33.7 Å². The van der Waals surface area contributed by atoms with Gasteiger partial charge in [-0.1, -0.05) is 45.4 Å². The highest BCUT2D eigenvalue weighted by Crippen LogP contribution is 2.78. The fourth-order valence-corrected chi connectivity index (χ4v) is 8.91. The molecule has 2 heterocycles. The van der Waals surface area contributed by atoms with E-state index in [0.29, 0.717) is 19.3 Å². The fraction of sp³-hybridized carbons (Fsp3) is 0.710. The van der Waals surface area contributed by atoms with E-state index in [1.54, 1.807) is 6.08 Å². The van der Waals surface area contributed by atoms with Crippen molar-refractivity contribution in [1.82, 2.24) is 0 Å². The van der Waals surface area contributed by atoms with Crippen LogP contribution in [-0.2, 0) is 28.6 Å². The molecule has 7 nitrogen and oxygen atoms in total. The number of epoxide rings is 1. The fourth-order valence-electron chi connectivity index (χ4n) is 8.91. The second-order valence-electron chi connectivity index (χ2n) is 13.1. The Morgan fingerprint density at radius 3 is 2.45 bits per heavy atom. The van der Waals surface area contributed by atoms with E-state index in [0.717, 1.165) is 23.1 Å². The standard InChI is InChI=1S/C31H42O7/c1-16(2)20-14-25-31(38-25)22(28(20,5)10-9-26(34)36-8)15-23(32)29(6)21(13-24(33)30(29,31)7)17(3)11-19-12-18(4)27(35)37-19/h11,15,18-21,24-25,33H,1,9-10,12-14H2,2-8H3. The normalized spacial score (nSPS) is 47.5. The highest BCUT2D eigenvalue weighted by atomic mass is 16.6. The molecule has 1 spiro atoms. The third-order valence-corrected chi connectivity index (χ3v) is 11.3. The van der Waals surface area contributed by atoms with Crippen molar-refractivity contribution >= 4 is 17.7 Å². The third-order valence-electron chi connectivity index (χ3n) is 11.3. The maximum absolute atomic E-state index is 14.3. The quantitative estimate of drug-likeness (QED) is 0.309. The number of aliphatic hydroxyl groups excluding tert-OH is 1. The number of hydrogen-bond donors (Lipinski definition) is 1. The predicted octanol–water partition coefficient (Wildman–Crippen LogP) is 4.48. The van der Waals surface area contributed by atoms with Gasteiger partial charge in [-0.3, -0.25) is 14.4 Å². The zero-order valence-electron chi connectivity index (χ0n) is 23.8.